The molecule has 0 spiro atoms. The molecule has 0 saturated carbocycles. The van der Waals surface area contributed by atoms with Gasteiger partial charge in [-0.3, -0.25) is 4.98 Å². The van der Waals surface area contributed by atoms with Gasteiger partial charge in [0.1, 0.15) is 5.69 Å². The van der Waals surface area contributed by atoms with Crippen LogP contribution in [0.4, 0.5) is 13.2 Å². The Labute approximate surface area is 96.5 Å². The number of nitrogens with zero attached hydrogens (tertiary/aromatic N) is 2. The van der Waals surface area contributed by atoms with Crippen molar-refractivity contribution >= 4 is 15.9 Å². The molecule has 0 saturated heterocycles. The average molecular weight is 293 g/mol. The van der Waals surface area contributed by atoms with Crippen LogP contribution in [0.3, 0.4) is 0 Å². The summed E-state index contributed by atoms with van der Waals surface area (Å²) in [4.78, 5) is 7.66. The zero-order valence-corrected chi connectivity index (χ0v) is 9.21. The van der Waals surface area contributed by atoms with Crippen molar-refractivity contribution in [1.82, 2.24) is 9.97 Å². The maximum Gasteiger partial charge on any atom is 0.417 e. The fourth-order valence-electron chi connectivity index (χ4n) is 1.08. The lowest BCUT2D eigenvalue weighted by molar-refractivity contribution is -0.137. The highest BCUT2D eigenvalue weighted by Crippen LogP contribution is 2.30. The summed E-state index contributed by atoms with van der Waals surface area (Å²) >= 11 is 2.99. The van der Waals surface area contributed by atoms with Gasteiger partial charge in [0.25, 0.3) is 4.80 Å². The van der Waals surface area contributed by atoms with Crippen molar-refractivity contribution in [2.24, 2.45) is 0 Å². The number of rotatable bonds is 1. The molecule has 0 aliphatic carbocycles. The van der Waals surface area contributed by atoms with Gasteiger partial charge in [-0.15, -0.1) is 0 Å². The Morgan fingerprint density at radius 1 is 1.12 bits per heavy atom. The lowest BCUT2D eigenvalue weighted by Crippen LogP contribution is -2.05. The molecule has 0 aliphatic heterocycles. The molecule has 0 bridgehead atoms. The Morgan fingerprint density at radius 3 is 2.31 bits per heavy atom. The molecule has 0 atom stereocenters. The van der Waals surface area contributed by atoms with Crippen LogP contribution in [0.1, 0.15) is 5.56 Å². The number of halogens is 4. The summed E-state index contributed by atoms with van der Waals surface area (Å²) in [6.07, 6.45) is -2.25. The molecule has 0 N–H and O–H groups in total. The predicted octanol–water partition coefficient (Wildman–Crippen LogP) is 3.52. The molecule has 0 aromatic carbocycles. The third kappa shape index (κ3) is 2.24. The van der Waals surface area contributed by atoms with Gasteiger partial charge in [-0.25, -0.2) is 4.98 Å². The van der Waals surface area contributed by atoms with Crippen molar-refractivity contribution in [3.63, 3.8) is 0 Å². The van der Waals surface area contributed by atoms with E-state index in [9.17, 15) is 13.2 Å². The minimum Gasteiger partial charge on any atom is -0.429 e. The fourth-order valence-corrected chi connectivity index (χ4v) is 1.36. The Hall–Kier alpha value is -1.37. The first-order valence-electron chi connectivity index (χ1n) is 4.12. The molecule has 16 heavy (non-hydrogen) atoms. The van der Waals surface area contributed by atoms with E-state index in [4.69, 9.17) is 4.42 Å². The van der Waals surface area contributed by atoms with Gasteiger partial charge in [-0.1, -0.05) is 0 Å². The molecular weight excluding hydrogens is 289 g/mol. The van der Waals surface area contributed by atoms with Crippen LogP contribution in [0.25, 0.3) is 11.5 Å². The molecule has 3 nitrogen and oxygen atoms in total. The van der Waals surface area contributed by atoms with E-state index in [1.54, 1.807) is 0 Å². The van der Waals surface area contributed by atoms with Crippen molar-refractivity contribution in [2.45, 2.75) is 6.18 Å². The van der Waals surface area contributed by atoms with Crippen LogP contribution < -0.4 is 0 Å². The molecule has 2 heterocycles. The SMILES string of the molecule is FC(F)(F)c1ccc(-c2cnc(Br)o2)nc1. The number of hydrogen-bond acceptors (Lipinski definition) is 3. The van der Waals surface area contributed by atoms with Crippen molar-refractivity contribution in [3.8, 4) is 11.5 Å². The summed E-state index contributed by atoms with van der Waals surface area (Å²) < 4.78 is 41.8. The molecule has 0 aliphatic rings. The Bertz CT molecular complexity index is 492. The fraction of sp³-hybridized carbons (Fsp3) is 0.111. The molecular formula is C9H4BrF3N2O. The third-order valence-electron chi connectivity index (χ3n) is 1.82. The van der Waals surface area contributed by atoms with E-state index in [-0.39, 0.29) is 4.80 Å². The molecule has 0 amide bonds. The second kappa shape index (κ2) is 3.89. The summed E-state index contributed by atoms with van der Waals surface area (Å²) in [6.45, 7) is 0. The van der Waals surface area contributed by atoms with Crippen LogP contribution in [-0.2, 0) is 6.18 Å². The van der Waals surface area contributed by atoms with Gasteiger partial charge in [-0.05, 0) is 12.1 Å². The van der Waals surface area contributed by atoms with Crippen LogP contribution >= 0.6 is 15.9 Å². The second-order valence-electron chi connectivity index (χ2n) is 2.91. The van der Waals surface area contributed by atoms with E-state index in [1.807, 2.05) is 0 Å². The van der Waals surface area contributed by atoms with E-state index in [0.29, 0.717) is 11.5 Å². The lowest BCUT2D eigenvalue weighted by atomic mass is 10.2. The van der Waals surface area contributed by atoms with Crippen LogP contribution in [0.2, 0.25) is 0 Å². The van der Waals surface area contributed by atoms with Crippen molar-refractivity contribution in [1.29, 1.82) is 0 Å². The van der Waals surface area contributed by atoms with Gasteiger partial charge in [0.15, 0.2) is 5.76 Å². The molecule has 7 heteroatoms. The monoisotopic (exact) mass is 292 g/mol. The van der Waals surface area contributed by atoms with Crippen molar-refractivity contribution in [3.05, 3.63) is 34.9 Å². The Balaban J connectivity index is 2.33. The number of alkyl halides is 3. The van der Waals surface area contributed by atoms with Crippen LogP contribution in [0.5, 0.6) is 0 Å². The first-order chi connectivity index (χ1) is 7.47. The van der Waals surface area contributed by atoms with E-state index in [2.05, 4.69) is 25.9 Å². The molecule has 0 unspecified atom stereocenters. The first-order valence-corrected chi connectivity index (χ1v) is 4.91. The zero-order valence-electron chi connectivity index (χ0n) is 7.62. The molecule has 0 radical (unpaired) electrons. The molecule has 2 aromatic heterocycles. The van der Waals surface area contributed by atoms with Gasteiger partial charge in [0.2, 0.25) is 0 Å². The first kappa shape index (κ1) is 11.1. The highest BCUT2D eigenvalue weighted by Gasteiger charge is 2.30. The summed E-state index contributed by atoms with van der Waals surface area (Å²) in [5.74, 6) is 0.306. The van der Waals surface area contributed by atoms with Gasteiger partial charge < -0.3 is 4.42 Å². The summed E-state index contributed by atoms with van der Waals surface area (Å²) in [5.41, 5.74) is -0.499. The van der Waals surface area contributed by atoms with Gasteiger partial charge in [0.05, 0.1) is 11.8 Å². The summed E-state index contributed by atoms with van der Waals surface area (Å²) in [5, 5.41) is 0. The van der Waals surface area contributed by atoms with Gasteiger partial charge in [-0.2, -0.15) is 13.2 Å². The highest BCUT2D eigenvalue weighted by molar-refractivity contribution is 9.10. The number of pyridine rings is 1. The van der Waals surface area contributed by atoms with Crippen molar-refractivity contribution < 1.29 is 17.6 Å². The lowest BCUT2D eigenvalue weighted by Gasteiger charge is -2.05. The number of oxazole rings is 1. The number of aromatic nitrogens is 2. The quantitative estimate of drug-likeness (QED) is 0.807. The summed E-state index contributed by atoms with van der Waals surface area (Å²) in [6, 6.07) is 2.18. The predicted molar refractivity (Wildman–Crippen MR) is 52.4 cm³/mol. The zero-order chi connectivity index (χ0) is 11.8. The maximum atomic E-state index is 12.2. The normalized spacial score (nSPS) is 11.8. The van der Waals surface area contributed by atoms with Crippen LogP contribution in [0, 0.1) is 0 Å². The largest absolute Gasteiger partial charge is 0.429 e. The highest BCUT2D eigenvalue weighted by atomic mass is 79.9. The van der Waals surface area contributed by atoms with E-state index >= 15 is 0 Å². The Kier molecular flexibility index (Phi) is 2.71. The van der Waals surface area contributed by atoms with Crippen molar-refractivity contribution in [2.75, 3.05) is 0 Å². The number of hydrogen-bond donors (Lipinski definition) is 0. The topological polar surface area (TPSA) is 38.9 Å². The third-order valence-corrected chi connectivity index (χ3v) is 2.19. The van der Waals surface area contributed by atoms with E-state index in [0.717, 1.165) is 12.3 Å². The van der Waals surface area contributed by atoms with E-state index in [1.165, 1.54) is 12.3 Å². The second-order valence-corrected chi connectivity index (χ2v) is 3.59. The molecule has 84 valence electrons. The standard InChI is InChI=1S/C9H4BrF3N2O/c10-8-15-4-7(16-8)6-2-1-5(3-14-6)9(11,12)13/h1-4H. The summed E-state index contributed by atoms with van der Waals surface area (Å²) in [7, 11) is 0. The van der Waals surface area contributed by atoms with E-state index < -0.39 is 11.7 Å². The minimum absolute atomic E-state index is 0.254. The minimum atomic E-state index is -4.38. The average Bonchev–Trinajstić information content (AvgIpc) is 2.64. The molecule has 0 fully saturated rings. The van der Waals surface area contributed by atoms with Crippen LogP contribution in [-0.4, -0.2) is 9.97 Å². The maximum absolute atomic E-state index is 12.2. The van der Waals surface area contributed by atoms with Gasteiger partial charge >= 0.3 is 6.18 Å². The molecule has 2 rings (SSSR count). The Morgan fingerprint density at radius 2 is 1.88 bits per heavy atom. The smallest absolute Gasteiger partial charge is 0.417 e. The van der Waals surface area contributed by atoms with Crippen LogP contribution in [0.15, 0.2) is 33.7 Å². The molecule has 2 aromatic rings. The van der Waals surface area contributed by atoms with Gasteiger partial charge in [0, 0.05) is 22.1 Å².